The Hall–Kier alpha value is -1.80. The number of hydrogen-bond acceptors (Lipinski definition) is 5. The average Bonchev–Trinajstić information content (AvgIpc) is 2.38. The number of benzene rings is 1. The van der Waals surface area contributed by atoms with Crippen LogP contribution in [0.25, 0.3) is 10.9 Å². The molecule has 1 N–H and O–H groups in total. The lowest BCUT2D eigenvalue weighted by atomic mass is 10.1. The number of nitro groups is 1. The summed E-state index contributed by atoms with van der Waals surface area (Å²) in [5.41, 5.74) is -0.197. The van der Waals surface area contributed by atoms with Gasteiger partial charge >= 0.3 is 5.69 Å². The number of anilines is 1. The highest BCUT2D eigenvalue weighted by atomic mass is 79.9. The van der Waals surface area contributed by atoms with Crippen molar-refractivity contribution in [3.8, 4) is 0 Å². The maximum absolute atomic E-state index is 13.6. The van der Waals surface area contributed by atoms with Crippen LogP contribution in [0.4, 0.5) is 15.8 Å². The summed E-state index contributed by atoms with van der Waals surface area (Å²) in [5.74, 6) is -0.471. The van der Waals surface area contributed by atoms with Gasteiger partial charge in [0.25, 0.3) is 0 Å². The summed E-state index contributed by atoms with van der Waals surface area (Å²) in [6, 6.07) is 2.72. The Morgan fingerprint density at radius 3 is 2.86 bits per heavy atom. The van der Waals surface area contributed by atoms with Gasteiger partial charge in [0.15, 0.2) is 0 Å². The molecule has 8 heteroatoms. The van der Waals surface area contributed by atoms with E-state index in [1.165, 1.54) is 12.1 Å². The molecule has 0 aliphatic carbocycles. The van der Waals surface area contributed by atoms with E-state index in [2.05, 4.69) is 26.2 Å². The smallest absolute Gasteiger partial charge is 0.311 e. The molecule has 21 heavy (non-hydrogen) atoms. The molecule has 0 amide bonds. The van der Waals surface area contributed by atoms with Crippen LogP contribution in [0, 0.1) is 15.9 Å². The van der Waals surface area contributed by atoms with E-state index < -0.39 is 16.5 Å². The Balaban J connectivity index is 2.22. The molecule has 1 aliphatic rings. The molecule has 1 atom stereocenters. The minimum absolute atomic E-state index is 0.169. The molecule has 2 aromatic rings. The van der Waals surface area contributed by atoms with Crippen molar-refractivity contribution in [3.05, 3.63) is 38.7 Å². The second-order valence-corrected chi connectivity index (χ2v) is 5.87. The Morgan fingerprint density at radius 2 is 2.29 bits per heavy atom. The number of hydrogen-bond donors (Lipinski definition) is 1. The summed E-state index contributed by atoms with van der Waals surface area (Å²) in [4.78, 5) is 14.6. The summed E-state index contributed by atoms with van der Waals surface area (Å²) >= 11 is 3.09. The highest BCUT2D eigenvalue weighted by Crippen LogP contribution is 2.38. The molecule has 110 valence electrons. The van der Waals surface area contributed by atoms with Crippen molar-refractivity contribution in [2.45, 2.75) is 19.1 Å². The first-order chi connectivity index (χ1) is 9.89. The fraction of sp³-hybridized carbons (Fsp3) is 0.308. The van der Waals surface area contributed by atoms with Crippen LogP contribution in [0.5, 0.6) is 0 Å². The zero-order valence-corrected chi connectivity index (χ0v) is 12.6. The third-order valence-electron chi connectivity index (χ3n) is 3.48. The molecule has 1 aromatic heterocycles. The molecule has 0 bridgehead atoms. The maximum atomic E-state index is 13.6. The molecular formula is C13H11BrFN3O3. The standard InChI is InChI=1S/C13H11BrFN3O3/c1-13(2-3-21-13)17-12-7-4-8(14)9(15)5-10(7)16-6-11(12)18(19)20/h4-6H,2-3H2,1H3,(H,16,17). The van der Waals surface area contributed by atoms with Gasteiger partial charge in [0.05, 0.1) is 21.5 Å². The lowest BCUT2D eigenvalue weighted by Gasteiger charge is -2.39. The fourth-order valence-corrected chi connectivity index (χ4v) is 2.56. The fourth-order valence-electron chi connectivity index (χ4n) is 2.22. The lowest BCUT2D eigenvalue weighted by Crippen LogP contribution is -2.47. The minimum atomic E-state index is -0.653. The largest absolute Gasteiger partial charge is 0.356 e. The van der Waals surface area contributed by atoms with Gasteiger partial charge in [0, 0.05) is 17.9 Å². The SMILES string of the molecule is CC1(Nc2c([N+](=O)[O-])cnc3cc(F)c(Br)cc23)CCO1. The van der Waals surface area contributed by atoms with Crippen molar-refractivity contribution in [1.82, 2.24) is 4.98 Å². The lowest BCUT2D eigenvalue weighted by molar-refractivity contribution is -0.384. The Kier molecular flexibility index (Phi) is 3.29. The van der Waals surface area contributed by atoms with Crippen molar-refractivity contribution in [2.24, 2.45) is 0 Å². The van der Waals surface area contributed by atoms with Gasteiger partial charge in [-0.3, -0.25) is 10.1 Å². The molecule has 6 nitrogen and oxygen atoms in total. The summed E-state index contributed by atoms with van der Waals surface area (Å²) in [6.45, 7) is 2.41. The van der Waals surface area contributed by atoms with E-state index in [1.54, 1.807) is 0 Å². The predicted molar refractivity (Wildman–Crippen MR) is 78.7 cm³/mol. The van der Waals surface area contributed by atoms with Gasteiger partial charge in [-0.15, -0.1) is 0 Å². The Bertz CT molecular complexity index is 749. The summed E-state index contributed by atoms with van der Waals surface area (Å²) in [5, 5.41) is 14.7. The van der Waals surface area contributed by atoms with Crippen LogP contribution in [0.2, 0.25) is 0 Å². The van der Waals surface area contributed by atoms with Gasteiger partial charge in [0.2, 0.25) is 0 Å². The van der Waals surface area contributed by atoms with E-state index in [0.717, 1.165) is 12.6 Å². The van der Waals surface area contributed by atoms with Gasteiger partial charge in [-0.2, -0.15) is 0 Å². The molecule has 1 fully saturated rings. The molecule has 0 saturated carbocycles. The summed E-state index contributed by atoms with van der Waals surface area (Å²) < 4.78 is 19.2. The number of aromatic nitrogens is 1. The number of nitrogens with one attached hydrogen (secondary N) is 1. The first-order valence-electron chi connectivity index (χ1n) is 6.24. The number of nitrogens with zero attached hydrogens (tertiary/aromatic N) is 2. The third kappa shape index (κ3) is 2.44. The summed E-state index contributed by atoms with van der Waals surface area (Å²) in [7, 11) is 0. The monoisotopic (exact) mass is 355 g/mol. The number of halogens is 2. The maximum Gasteiger partial charge on any atom is 0.311 e. The van der Waals surface area contributed by atoms with Crippen LogP contribution in [0.15, 0.2) is 22.8 Å². The van der Waals surface area contributed by atoms with Crippen molar-refractivity contribution in [3.63, 3.8) is 0 Å². The number of pyridine rings is 1. The zero-order chi connectivity index (χ0) is 15.2. The predicted octanol–water partition coefficient (Wildman–Crippen LogP) is 3.59. The Labute approximate surface area is 127 Å². The van der Waals surface area contributed by atoms with E-state index in [1.807, 2.05) is 6.92 Å². The van der Waals surface area contributed by atoms with Gasteiger partial charge in [0.1, 0.15) is 23.4 Å². The van der Waals surface area contributed by atoms with Crippen molar-refractivity contribution >= 4 is 38.2 Å². The van der Waals surface area contributed by atoms with Crippen LogP contribution in [-0.4, -0.2) is 22.2 Å². The van der Waals surface area contributed by atoms with Crippen LogP contribution in [0.1, 0.15) is 13.3 Å². The third-order valence-corrected chi connectivity index (χ3v) is 4.08. The van der Waals surface area contributed by atoms with Crippen LogP contribution in [-0.2, 0) is 4.74 Å². The van der Waals surface area contributed by atoms with Gasteiger partial charge in [-0.1, -0.05) is 0 Å². The van der Waals surface area contributed by atoms with Crippen molar-refractivity contribution < 1.29 is 14.1 Å². The molecule has 0 spiro atoms. The first-order valence-corrected chi connectivity index (χ1v) is 7.03. The second kappa shape index (κ2) is 4.88. The van der Waals surface area contributed by atoms with E-state index in [0.29, 0.717) is 17.5 Å². The average molecular weight is 356 g/mol. The highest BCUT2D eigenvalue weighted by molar-refractivity contribution is 9.10. The van der Waals surface area contributed by atoms with Crippen molar-refractivity contribution in [2.75, 3.05) is 11.9 Å². The van der Waals surface area contributed by atoms with Crippen molar-refractivity contribution in [1.29, 1.82) is 0 Å². The molecule has 3 rings (SSSR count). The van der Waals surface area contributed by atoms with Gasteiger partial charge in [-0.25, -0.2) is 9.37 Å². The number of rotatable bonds is 3. The topological polar surface area (TPSA) is 77.3 Å². The van der Waals surface area contributed by atoms with E-state index >= 15 is 0 Å². The molecular weight excluding hydrogens is 345 g/mol. The zero-order valence-electron chi connectivity index (χ0n) is 11.0. The molecule has 1 unspecified atom stereocenters. The van der Waals surface area contributed by atoms with E-state index in [9.17, 15) is 14.5 Å². The van der Waals surface area contributed by atoms with Crippen LogP contribution in [0.3, 0.4) is 0 Å². The van der Waals surface area contributed by atoms with E-state index in [4.69, 9.17) is 4.74 Å². The number of fused-ring (bicyclic) bond motifs is 1. The summed E-state index contributed by atoms with van der Waals surface area (Å²) in [6.07, 6.45) is 1.86. The molecule has 1 aliphatic heterocycles. The van der Waals surface area contributed by atoms with Crippen LogP contribution >= 0.6 is 15.9 Å². The molecule has 1 aromatic carbocycles. The molecule has 0 radical (unpaired) electrons. The highest BCUT2D eigenvalue weighted by Gasteiger charge is 2.35. The van der Waals surface area contributed by atoms with Gasteiger partial charge in [-0.05, 0) is 28.9 Å². The molecule has 1 saturated heterocycles. The van der Waals surface area contributed by atoms with Gasteiger partial charge < -0.3 is 10.1 Å². The molecule has 2 heterocycles. The normalized spacial score (nSPS) is 21.1. The van der Waals surface area contributed by atoms with E-state index in [-0.39, 0.29) is 15.8 Å². The number of ether oxygens (including phenoxy) is 1. The second-order valence-electron chi connectivity index (χ2n) is 5.01. The quantitative estimate of drug-likeness (QED) is 0.672. The Morgan fingerprint density at radius 1 is 1.57 bits per heavy atom. The van der Waals surface area contributed by atoms with Crippen LogP contribution < -0.4 is 5.32 Å². The first kappa shape index (κ1) is 14.2. The minimum Gasteiger partial charge on any atom is -0.356 e.